The van der Waals surface area contributed by atoms with E-state index in [-0.39, 0.29) is 85.5 Å². The SMILES string of the molecule is CCCCCCCCCCCC(=O)N1CCN(C(=O)c2ccc(C(=O)N3C[C@@H](C(=O)N[C@H]4C[C@@H]4c4ccccc4)[C@H](C(=O)N[C@H]4C[C@@H]4c4ccccc4)C3)cc2)CC1C(=O)NCCCCCC. The zero-order valence-corrected chi connectivity index (χ0v) is 40.0. The largest absolute Gasteiger partial charge is 0.354 e. The van der Waals surface area contributed by atoms with E-state index in [1.807, 2.05) is 36.4 Å². The summed E-state index contributed by atoms with van der Waals surface area (Å²) in [4.78, 5) is 88.2. The van der Waals surface area contributed by atoms with Crippen LogP contribution in [0.4, 0.5) is 0 Å². The molecule has 3 aromatic carbocycles. The maximum atomic E-state index is 14.1. The van der Waals surface area contributed by atoms with Gasteiger partial charge in [0.1, 0.15) is 6.04 Å². The van der Waals surface area contributed by atoms with Crippen LogP contribution in [-0.4, -0.2) is 108 Å². The second-order valence-corrected chi connectivity index (χ2v) is 19.5. The first-order chi connectivity index (χ1) is 32.7. The molecule has 12 heteroatoms. The Kier molecular flexibility index (Phi) is 18.0. The number of nitrogens with zero attached hydrogens (tertiary/aromatic N) is 3. The highest BCUT2D eigenvalue weighted by Crippen LogP contribution is 2.42. The van der Waals surface area contributed by atoms with Gasteiger partial charge in [-0.05, 0) is 61.1 Å². The van der Waals surface area contributed by atoms with E-state index in [9.17, 15) is 28.8 Å². The molecule has 3 N–H and O–H groups in total. The van der Waals surface area contributed by atoms with Gasteiger partial charge in [-0.1, -0.05) is 145 Å². The number of piperazine rings is 1. The molecule has 0 aromatic heterocycles. The van der Waals surface area contributed by atoms with Gasteiger partial charge < -0.3 is 30.7 Å². The lowest BCUT2D eigenvalue weighted by atomic mass is 9.94. The fourth-order valence-corrected chi connectivity index (χ4v) is 10.1. The number of amides is 6. The molecule has 360 valence electrons. The Balaban J connectivity index is 0.961. The maximum Gasteiger partial charge on any atom is 0.253 e. The molecule has 2 heterocycles. The molecule has 4 aliphatic rings. The monoisotopic (exact) mass is 915 g/mol. The summed E-state index contributed by atoms with van der Waals surface area (Å²) in [5.74, 6) is -2.29. The third-order valence-corrected chi connectivity index (χ3v) is 14.5. The lowest BCUT2D eigenvalue weighted by molar-refractivity contribution is -0.143. The predicted molar refractivity (Wildman–Crippen MR) is 261 cm³/mol. The van der Waals surface area contributed by atoms with Crippen molar-refractivity contribution in [2.24, 2.45) is 11.8 Å². The zero-order valence-electron chi connectivity index (χ0n) is 40.0. The molecule has 6 amide bonds. The summed E-state index contributed by atoms with van der Waals surface area (Å²) in [6, 6.07) is 25.8. The van der Waals surface area contributed by atoms with Crippen LogP contribution in [0, 0.1) is 11.8 Å². The summed E-state index contributed by atoms with van der Waals surface area (Å²) in [5, 5.41) is 9.44. The minimum absolute atomic E-state index is 0.0208. The third-order valence-electron chi connectivity index (χ3n) is 14.5. The van der Waals surface area contributed by atoms with Crippen molar-refractivity contribution in [2.75, 3.05) is 39.3 Å². The molecule has 2 saturated heterocycles. The summed E-state index contributed by atoms with van der Waals surface area (Å²) in [6.07, 6.45) is 16.5. The molecular formula is C55H74N6O6. The number of nitrogens with one attached hydrogen (secondary N) is 3. The molecule has 0 radical (unpaired) electrons. The van der Waals surface area contributed by atoms with E-state index in [1.54, 1.807) is 39.0 Å². The summed E-state index contributed by atoms with van der Waals surface area (Å²) in [5.41, 5.74) is 3.06. The van der Waals surface area contributed by atoms with Crippen molar-refractivity contribution in [3.63, 3.8) is 0 Å². The molecule has 3 aromatic rings. The van der Waals surface area contributed by atoms with Crippen molar-refractivity contribution in [1.29, 1.82) is 0 Å². The average molecular weight is 915 g/mol. The fraction of sp³-hybridized carbons (Fsp3) is 0.564. The molecule has 0 spiro atoms. The van der Waals surface area contributed by atoms with Crippen LogP contribution >= 0.6 is 0 Å². The second-order valence-electron chi connectivity index (χ2n) is 19.5. The lowest BCUT2D eigenvalue weighted by Gasteiger charge is -2.40. The molecule has 4 fully saturated rings. The van der Waals surface area contributed by atoms with E-state index >= 15 is 0 Å². The Hall–Kier alpha value is -5.52. The molecule has 0 bridgehead atoms. The maximum absolute atomic E-state index is 14.1. The van der Waals surface area contributed by atoms with Crippen LogP contribution in [-0.2, 0) is 19.2 Å². The molecule has 1 unspecified atom stereocenters. The Morgan fingerprint density at radius 2 is 0.970 bits per heavy atom. The van der Waals surface area contributed by atoms with Gasteiger partial charge in [0, 0.05) is 74.2 Å². The van der Waals surface area contributed by atoms with E-state index in [4.69, 9.17) is 0 Å². The number of rotatable bonds is 24. The van der Waals surface area contributed by atoms with Gasteiger partial charge in [0.25, 0.3) is 11.8 Å². The Morgan fingerprint density at radius 3 is 1.48 bits per heavy atom. The second kappa shape index (κ2) is 24.5. The topological polar surface area (TPSA) is 148 Å². The first-order valence-corrected chi connectivity index (χ1v) is 25.6. The van der Waals surface area contributed by atoms with Gasteiger partial charge in [-0.15, -0.1) is 0 Å². The van der Waals surface area contributed by atoms with Gasteiger partial charge in [0.05, 0.1) is 18.4 Å². The van der Waals surface area contributed by atoms with Crippen molar-refractivity contribution < 1.29 is 28.8 Å². The van der Waals surface area contributed by atoms with Crippen LogP contribution in [0.3, 0.4) is 0 Å². The number of benzene rings is 3. The minimum Gasteiger partial charge on any atom is -0.354 e. The van der Waals surface area contributed by atoms with Gasteiger partial charge in [-0.3, -0.25) is 28.8 Å². The molecule has 12 nitrogen and oxygen atoms in total. The van der Waals surface area contributed by atoms with Crippen LogP contribution in [0.2, 0.25) is 0 Å². The fourth-order valence-electron chi connectivity index (χ4n) is 10.1. The van der Waals surface area contributed by atoms with E-state index < -0.39 is 17.9 Å². The van der Waals surface area contributed by atoms with Crippen LogP contribution in [0.1, 0.15) is 160 Å². The van der Waals surface area contributed by atoms with Gasteiger partial charge in [-0.2, -0.15) is 0 Å². The Morgan fingerprint density at radius 1 is 0.507 bits per heavy atom. The van der Waals surface area contributed by atoms with Crippen molar-refractivity contribution in [1.82, 2.24) is 30.7 Å². The van der Waals surface area contributed by atoms with Crippen molar-refractivity contribution in [2.45, 2.75) is 147 Å². The standard InChI is InChI=1S/C55H74N6O6/c1-3-5-7-9-10-11-12-13-20-26-50(62)61-33-32-59(38-49(61)53(65)56-31-21-8-6-4-2)54(66)41-27-29-42(30-28-41)55(67)60-36-45(51(63)57-47-34-43(47)39-22-16-14-17-23-39)46(37-60)52(64)58-48-35-44(48)40-24-18-15-19-25-40/h14-19,22-25,27-30,43-49H,3-13,20-21,26,31-38H2,1-2H3,(H,56,65)(H,57,63)(H,58,64)/t43-,44-,45-,46-,47+,48+,49?/m1/s1. The van der Waals surface area contributed by atoms with Crippen LogP contribution in [0.15, 0.2) is 84.9 Å². The summed E-state index contributed by atoms with van der Waals surface area (Å²) in [6.45, 7) is 5.74. The average Bonchev–Trinajstić information content (AvgIpc) is 4.27. The third kappa shape index (κ3) is 13.6. The molecule has 7 rings (SSSR count). The Labute approximate surface area is 398 Å². The van der Waals surface area contributed by atoms with E-state index in [0.29, 0.717) is 30.6 Å². The number of hydrogen-bond acceptors (Lipinski definition) is 6. The van der Waals surface area contributed by atoms with Crippen molar-refractivity contribution in [3.8, 4) is 0 Å². The van der Waals surface area contributed by atoms with E-state index in [2.05, 4.69) is 54.1 Å². The molecule has 2 aliphatic heterocycles. The van der Waals surface area contributed by atoms with Crippen molar-refractivity contribution >= 4 is 35.4 Å². The number of likely N-dealkylation sites (tertiary alicyclic amines) is 1. The summed E-state index contributed by atoms with van der Waals surface area (Å²) in [7, 11) is 0. The van der Waals surface area contributed by atoms with E-state index in [0.717, 1.165) is 57.8 Å². The Bertz CT molecular complexity index is 2040. The highest BCUT2D eigenvalue weighted by Gasteiger charge is 2.49. The first-order valence-electron chi connectivity index (χ1n) is 25.6. The first kappa shape index (κ1) is 49.4. The smallest absolute Gasteiger partial charge is 0.253 e. The van der Waals surface area contributed by atoms with Crippen LogP contribution < -0.4 is 16.0 Å². The number of unbranched alkanes of at least 4 members (excludes halogenated alkanes) is 11. The quantitative estimate of drug-likeness (QED) is 0.0777. The van der Waals surface area contributed by atoms with Gasteiger partial charge >= 0.3 is 0 Å². The highest BCUT2D eigenvalue weighted by molar-refractivity contribution is 6.00. The number of carbonyl (C=O) groups is 6. The van der Waals surface area contributed by atoms with Gasteiger partial charge in [-0.25, -0.2) is 0 Å². The van der Waals surface area contributed by atoms with Crippen LogP contribution in [0.25, 0.3) is 0 Å². The number of carbonyl (C=O) groups excluding carboxylic acids is 6. The molecule has 2 saturated carbocycles. The van der Waals surface area contributed by atoms with Crippen molar-refractivity contribution in [3.05, 3.63) is 107 Å². The highest BCUT2D eigenvalue weighted by atomic mass is 16.2. The molecule has 67 heavy (non-hydrogen) atoms. The van der Waals surface area contributed by atoms with E-state index in [1.165, 1.54) is 49.7 Å². The summed E-state index contributed by atoms with van der Waals surface area (Å²) >= 11 is 0. The summed E-state index contributed by atoms with van der Waals surface area (Å²) < 4.78 is 0. The van der Waals surface area contributed by atoms with Crippen LogP contribution in [0.5, 0.6) is 0 Å². The molecular weight excluding hydrogens is 841 g/mol. The molecule has 7 atom stereocenters. The zero-order chi connectivity index (χ0) is 47.1. The number of hydrogen-bond donors (Lipinski definition) is 3. The van der Waals surface area contributed by atoms with Gasteiger partial charge in [0.2, 0.25) is 23.6 Å². The lowest BCUT2D eigenvalue weighted by Crippen LogP contribution is -2.61. The minimum atomic E-state index is -0.783. The normalized spacial score (nSPS) is 23.1. The molecule has 2 aliphatic carbocycles. The van der Waals surface area contributed by atoms with Gasteiger partial charge in [0.15, 0.2) is 0 Å². The predicted octanol–water partition coefficient (Wildman–Crippen LogP) is 7.99.